The summed E-state index contributed by atoms with van der Waals surface area (Å²) in [4.78, 5) is 1.79. The van der Waals surface area contributed by atoms with E-state index in [9.17, 15) is 0 Å². The average molecular weight is 194 g/mol. The van der Waals surface area contributed by atoms with Gasteiger partial charge in [0.2, 0.25) is 0 Å². The number of hydrogen-bond acceptors (Lipinski definition) is 5. The van der Waals surface area contributed by atoms with Crippen molar-refractivity contribution in [3.63, 3.8) is 0 Å². The summed E-state index contributed by atoms with van der Waals surface area (Å²) in [7, 11) is 3.75. The third-order valence-electron chi connectivity index (χ3n) is 1.25. The summed E-state index contributed by atoms with van der Waals surface area (Å²) in [5, 5.41) is 28.2. The van der Waals surface area contributed by atoms with Crippen LogP contribution in [-0.2, 0) is 0 Å². The molecule has 0 saturated heterocycles. The van der Waals surface area contributed by atoms with E-state index >= 15 is 0 Å². The van der Waals surface area contributed by atoms with Gasteiger partial charge in [-0.2, -0.15) is 0 Å². The van der Waals surface area contributed by atoms with Crippen molar-refractivity contribution < 1.29 is 15.3 Å². The Morgan fingerprint density at radius 1 is 0.846 bits per heavy atom. The van der Waals surface area contributed by atoms with Crippen molar-refractivity contribution in [3.05, 3.63) is 0 Å². The lowest BCUT2D eigenvalue weighted by atomic mass is 10.4. The molecule has 0 fully saturated rings. The second kappa shape index (κ2) is 14.3. The molecule has 0 amide bonds. The molecule has 0 spiro atoms. The first-order valence-electron chi connectivity index (χ1n) is 4.40. The predicted molar refractivity (Wildman–Crippen MR) is 52.7 cm³/mol. The fraction of sp³-hybridized carbons (Fsp3) is 1.00. The maximum Gasteiger partial charge on any atom is 0.0558 e. The van der Waals surface area contributed by atoms with Crippen LogP contribution in [0.4, 0.5) is 0 Å². The Labute approximate surface area is 80.0 Å². The molecule has 4 N–H and O–H groups in total. The summed E-state index contributed by atoms with van der Waals surface area (Å²) in [5.74, 6) is 0. The van der Waals surface area contributed by atoms with Crippen molar-refractivity contribution in [1.29, 1.82) is 0 Å². The summed E-state index contributed by atoms with van der Waals surface area (Å²) in [6.07, 6.45) is 0. The number of nitrogens with zero attached hydrogens (tertiary/aromatic N) is 1. The third-order valence-corrected chi connectivity index (χ3v) is 1.25. The van der Waals surface area contributed by atoms with Gasteiger partial charge in [0.1, 0.15) is 0 Å². The van der Waals surface area contributed by atoms with Crippen LogP contribution in [0.15, 0.2) is 0 Å². The van der Waals surface area contributed by atoms with Crippen LogP contribution in [0.5, 0.6) is 0 Å². The molecule has 0 aromatic carbocycles. The van der Waals surface area contributed by atoms with E-state index in [2.05, 4.69) is 5.32 Å². The fourth-order valence-electron chi connectivity index (χ4n) is 0.760. The Bertz CT molecular complexity index is 69.5. The SMILES string of the molecule is CNC.OCCN(CCO)CCO. The van der Waals surface area contributed by atoms with Gasteiger partial charge in [-0.3, -0.25) is 4.90 Å². The lowest BCUT2D eigenvalue weighted by molar-refractivity contribution is 0.136. The van der Waals surface area contributed by atoms with E-state index < -0.39 is 0 Å². The molecule has 82 valence electrons. The fourth-order valence-corrected chi connectivity index (χ4v) is 0.760. The quantitative estimate of drug-likeness (QED) is 0.397. The summed E-state index contributed by atoms with van der Waals surface area (Å²) in [6.45, 7) is 1.75. The summed E-state index contributed by atoms with van der Waals surface area (Å²) < 4.78 is 0. The number of nitrogens with one attached hydrogen (secondary N) is 1. The molecule has 0 unspecified atom stereocenters. The van der Waals surface area contributed by atoms with Gasteiger partial charge in [0.05, 0.1) is 19.8 Å². The molecule has 13 heavy (non-hydrogen) atoms. The van der Waals surface area contributed by atoms with E-state index in [1.54, 1.807) is 4.90 Å². The first-order valence-corrected chi connectivity index (χ1v) is 4.40. The average Bonchev–Trinajstić information content (AvgIpc) is 2.07. The normalized spacial score (nSPS) is 9.69. The minimum absolute atomic E-state index is 0.0694. The van der Waals surface area contributed by atoms with Crippen molar-refractivity contribution in [2.24, 2.45) is 0 Å². The monoisotopic (exact) mass is 194 g/mol. The molecule has 0 aliphatic rings. The van der Waals surface area contributed by atoms with Crippen LogP contribution >= 0.6 is 0 Å². The van der Waals surface area contributed by atoms with Gasteiger partial charge in [-0.25, -0.2) is 0 Å². The van der Waals surface area contributed by atoms with Crippen LogP contribution in [-0.4, -0.2) is 73.8 Å². The number of rotatable bonds is 6. The van der Waals surface area contributed by atoms with Crippen LogP contribution in [0.1, 0.15) is 0 Å². The van der Waals surface area contributed by atoms with E-state index in [0.29, 0.717) is 19.6 Å². The Morgan fingerprint density at radius 2 is 1.08 bits per heavy atom. The standard InChI is InChI=1S/C6H15NO3.C2H7N/c8-4-1-7(2-5-9)3-6-10;1-3-2/h8-10H,1-6H2;3H,1-2H3. The van der Waals surface area contributed by atoms with Gasteiger partial charge in [-0.15, -0.1) is 0 Å². The van der Waals surface area contributed by atoms with Crippen LogP contribution in [0.2, 0.25) is 0 Å². The highest BCUT2D eigenvalue weighted by molar-refractivity contribution is 4.54. The summed E-state index contributed by atoms with van der Waals surface area (Å²) in [5.41, 5.74) is 0. The van der Waals surface area contributed by atoms with E-state index in [0.717, 1.165) is 0 Å². The minimum Gasteiger partial charge on any atom is -0.395 e. The Hall–Kier alpha value is -0.200. The zero-order valence-electron chi connectivity index (χ0n) is 8.53. The summed E-state index contributed by atoms with van der Waals surface area (Å²) in [6, 6.07) is 0. The number of aliphatic hydroxyl groups is 3. The van der Waals surface area contributed by atoms with Crippen molar-refractivity contribution in [3.8, 4) is 0 Å². The molecule has 5 nitrogen and oxygen atoms in total. The molecule has 0 aromatic rings. The highest BCUT2D eigenvalue weighted by atomic mass is 16.3. The van der Waals surface area contributed by atoms with E-state index in [4.69, 9.17) is 15.3 Å². The molecule has 5 heteroatoms. The first-order chi connectivity index (χ1) is 6.26. The molecule has 0 aliphatic carbocycles. The Kier molecular flexibility index (Phi) is 16.8. The molecule has 0 saturated carbocycles. The van der Waals surface area contributed by atoms with Crippen molar-refractivity contribution in [2.45, 2.75) is 0 Å². The van der Waals surface area contributed by atoms with E-state index in [1.165, 1.54) is 0 Å². The van der Waals surface area contributed by atoms with Gasteiger partial charge in [0, 0.05) is 19.6 Å². The summed E-state index contributed by atoms with van der Waals surface area (Å²) >= 11 is 0. The van der Waals surface area contributed by atoms with Crippen molar-refractivity contribution in [2.75, 3.05) is 53.6 Å². The zero-order valence-corrected chi connectivity index (χ0v) is 8.53. The third kappa shape index (κ3) is 14.6. The number of hydrogen-bond donors (Lipinski definition) is 4. The zero-order chi connectivity index (χ0) is 10.5. The smallest absolute Gasteiger partial charge is 0.0558 e. The topological polar surface area (TPSA) is 76.0 Å². The van der Waals surface area contributed by atoms with Crippen LogP contribution < -0.4 is 5.32 Å². The molecule has 0 rings (SSSR count). The largest absolute Gasteiger partial charge is 0.395 e. The van der Waals surface area contributed by atoms with Gasteiger partial charge in [0.15, 0.2) is 0 Å². The maximum absolute atomic E-state index is 8.48. The highest BCUT2D eigenvalue weighted by Crippen LogP contribution is 1.84. The minimum atomic E-state index is 0.0694. The highest BCUT2D eigenvalue weighted by Gasteiger charge is 2.00. The van der Waals surface area contributed by atoms with Gasteiger partial charge in [-0.05, 0) is 14.1 Å². The predicted octanol–water partition coefficient (Wildman–Crippen LogP) is -1.90. The van der Waals surface area contributed by atoms with Gasteiger partial charge < -0.3 is 20.6 Å². The van der Waals surface area contributed by atoms with E-state index in [-0.39, 0.29) is 19.8 Å². The lowest BCUT2D eigenvalue weighted by Gasteiger charge is -2.17. The molecular formula is C8H22N2O3. The molecule has 0 bridgehead atoms. The molecule has 0 radical (unpaired) electrons. The Morgan fingerprint density at radius 3 is 1.23 bits per heavy atom. The molecule has 0 aliphatic heterocycles. The lowest BCUT2D eigenvalue weighted by Crippen LogP contribution is -2.32. The van der Waals surface area contributed by atoms with Gasteiger partial charge in [-0.1, -0.05) is 0 Å². The number of aliphatic hydroxyl groups excluding tert-OH is 3. The second-order valence-electron chi connectivity index (χ2n) is 2.51. The van der Waals surface area contributed by atoms with Crippen LogP contribution in [0.25, 0.3) is 0 Å². The van der Waals surface area contributed by atoms with Crippen molar-refractivity contribution in [1.82, 2.24) is 10.2 Å². The molecular weight excluding hydrogens is 172 g/mol. The molecule has 0 aromatic heterocycles. The van der Waals surface area contributed by atoms with Crippen LogP contribution in [0, 0.1) is 0 Å². The van der Waals surface area contributed by atoms with Crippen molar-refractivity contribution >= 4 is 0 Å². The molecule has 0 heterocycles. The second-order valence-corrected chi connectivity index (χ2v) is 2.51. The van der Waals surface area contributed by atoms with Gasteiger partial charge >= 0.3 is 0 Å². The maximum atomic E-state index is 8.48. The van der Waals surface area contributed by atoms with Gasteiger partial charge in [0.25, 0.3) is 0 Å². The molecule has 0 atom stereocenters. The Balaban J connectivity index is 0. The van der Waals surface area contributed by atoms with Crippen LogP contribution in [0.3, 0.4) is 0 Å². The van der Waals surface area contributed by atoms with E-state index in [1.807, 2.05) is 14.1 Å². The first kappa shape index (κ1) is 15.3.